The summed E-state index contributed by atoms with van der Waals surface area (Å²) in [5.41, 5.74) is 0. The molecule has 1 fully saturated rings. The Morgan fingerprint density at radius 2 is 2.12 bits per heavy atom. The van der Waals surface area contributed by atoms with E-state index in [1.54, 1.807) is 4.90 Å². The average Bonchev–Trinajstić information content (AvgIpc) is 2.64. The number of hydrogen-bond donors (Lipinski definition) is 1. The molecule has 16 heavy (non-hydrogen) atoms. The normalized spacial score (nSPS) is 26.8. The average molecular weight is 226 g/mol. The highest BCUT2D eigenvalue weighted by atomic mass is 16.2. The molecule has 94 valence electrons. The molecule has 0 aromatic heterocycles. The first-order valence-corrected chi connectivity index (χ1v) is 6.50. The van der Waals surface area contributed by atoms with Gasteiger partial charge in [0.05, 0.1) is 0 Å². The van der Waals surface area contributed by atoms with Crippen LogP contribution in [0.3, 0.4) is 0 Å². The van der Waals surface area contributed by atoms with Crippen LogP contribution < -0.4 is 5.32 Å². The summed E-state index contributed by atoms with van der Waals surface area (Å²) in [4.78, 5) is 13.2. The molecule has 1 N–H and O–H groups in total. The highest BCUT2D eigenvalue weighted by Crippen LogP contribution is 2.28. The maximum atomic E-state index is 11.6. The van der Waals surface area contributed by atoms with Crippen molar-refractivity contribution >= 4 is 5.91 Å². The predicted molar refractivity (Wildman–Crippen MR) is 67.3 cm³/mol. The molecule has 0 bridgehead atoms. The van der Waals surface area contributed by atoms with E-state index in [9.17, 15) is 4.79 Å². The molecule has 0 radical (unpaired) electrons. The number of rotatable bonds is 5. The van der Waals surface area contributed by atoms with Crippen LogP contribution in [-0.2, 0) is 4.79 Å². The summed E-state index contributed by atoms with van der Waals surface area (Å²) in [6.45, 7) is 4.38. The van der Waals surface area contributed by atoms with Crippen LogP contribution in [0.25, 0.3) is 0 Å². The fourth-order valence-corrected chi connectivity index (χ4v) is 2.61. The Morgan fingerprint density at radius 1 is 1.44 bits per heavy atom. The van der Waals surface area contributed by atoms with Crippen molar-refractivity contribution in [3.63, 3.8) is 0 Å². The topological polar surface area (TPSA) is 32.3 Å². The van der Waals surface area contributed by atoms with Crippen LogP contribution in [0.5, 0.6) is 0 Å². The Balaban J connectivity index is 2.33. The second kappa shape index (κ2) is 6.24. The zero-order valence-electron chi connectivity index (χ0n) is 11.1. The molecule has 0 spiro atoms. The first-order valence-electron chi connectivity index (χ1n) is 6.50. The van der Waals surface area contributed by atoms with Crippen LogP contribution >= 0.6 is 0 Å². The van der Waals surface area contributed by atoms with Gasteiger partial charge in [-0.15, -0.1) is 0 Å². The van der Waals surface area contributed by atoms with E-state index in [4.69, 9.17) is 0 Å². The third-order valence-electron chi connectivity index (χ3n) is 3.66. The molecular weight excluding hydrogens is 200 g/mol. The van der Waals surface area contributed by atoms with E-state index in [-0.39, 0.29) is 5.91 Å². The van der Waals surface area contributed by atoms with Crippen molar-refractivity contribution in [1.82, 2.24) is 10.2 Å². The van der Waals surface area contributed by atoms with Crippen LogP contribution in [0.1, 0.15) is 46.0 Å². The molecule has 1 rings (SSSR count). The molecule has 3 nitrogen and oxygen atoms in total. The van der Waals surface area contributed by atoms with E-state index < -0.39 is 0 Å². The Hall–Kier alpha value is -0.570. The summed E-state index contributed by atoms with van der Waals surface area (Å²) in [7, 11) is 3.64. The van der Waals surface area contributed by atoms with Crippen molar-refractivity contribution in [1.29, 1.82) is 0 Å². The SMILES string of the molecule is CCC1CCCC1NC(C)CC(=O)N(C)C. The molecule has 3 heteroatoms. The van der Waals surface area contributed by atoms with Crippen molar-refractivity contribution in [3.8, 4) is 0 Å². The number of carbonyl (C=O) groups excluding carboxylic acids is 1. The Bertz CT molecular complexity index is 228. The second-order valence-electron chi connectivity index (χ2n) is 5.27. The fraction of sp³-hybridized carbons (Fsp3) is 0.923. The third-order valence-corrected chi connectivity index (χ3v) is 3.66. The smallest absolute Gasteiger partial charge is 0.223 e. The maximum Gasteiger partial charge on any atom is 0.223 e. The summed E-state index contributed by atoms with van der Waals surface area (Å²) < 4.78 is 0. The third kappa shape index (κ3) is 3.78. The lowest BCUT2D eigenvalue weighted by atomic mass is 9.99. The monoisotopic (exact) mass is 226 g/mol. The summed E-state index contributed by atoms with van der Waals surface area (Å²) in [5.74, 6) is 1.03. The van der Waals surface area contributed by atoms with Crippen molar-refractivity contribution in [2.75, 3.05) is 14.1 Å². The molecule has 1 saturated carbocycles. The van der Waals surface area contributed by atoms with Gasteiger partial charge in [-0.25, -0.2) is 0 Å². The first kappa shape index (κ1) is 13.5. The van der Waals surface area contributed by atoms with Gasteiger partial charge in [-0.2, -0.15) is 0 Å². The van der Waals surface area contributed by atoms with Crippen molar-refractivity contribution in [2.24, 2.45) is 5.92 Å². The number of nitrogens with one attached hydrogen (secondary N) is 1. The number of amides is 1. The van der Waals surface area contributed by atoms with Crippen LogP contribution in [0.4, 0.5) is 0 Å². The largest absolute Gasteiger partial charge is 0.349 e. The van der Waals surface area contributed by atoms with Gasteiger partial charge in [0.1, 0.15) is 0 Å². The molecule has 0 aliphatic heterocycles. The molecule has 3 unspecified atom stereocenters. The predicted octanol–water partition coefficient (Wildman–Crippen LogP) is 2.02. The minimum absolute atomic E-state index is 0.214. The minimum Gasteiger partial charge on any atom is -0.349 e. The van der Waals surface area contributed by atoms with E-state index in [2.05, 4.69) is 19.2 Å². The van der Waals surface area contributed by atoms with E-state index in [0.29, 0.717) is 18.5 Å². The van der Waals surface area contributed by atoms with Gasteiger partial charge in [-0.05, 0) is 25.7 Å². The van der Waals surface area contributed by atoms with E-state index >= 15 is 0 Å². The van der Waals surface area contributed by atoms with Crippen molar-refractivity contribution in [2.45, 2.75) is 58.0 Å². The highest BCUT2D eigenvalue weighted by Gasteiger charge is 2.27. The highest BCUT2D eigenvalue weighted by molar-refractivity contribution is 5.76. The van der Waals surface area contributed by atoms with Crippen molar-refractivity contribution < 1.29 is 4.79 Å². The number of carbonyl (C=O) groups is 1. The Kier molecular flexibility index (Phi) is 5.26. The molecule has 0 aromatic rings. The molecule has 0 aromatic carbocycles. The van der Waals surface area contributed by atoms with Gasteiger partial charge in [-0.3, -0.25) is 4.79 Å². The van der Waals surface area contributed by atoms with Gasteiger partial charge < -0.3 is 10.2 Å². The molecule has 0 saturated heterocycles. The molecule has 1 amide bonds. The van der Waals surface area contributed by atoms with Crippen LogP contribution in [0.2, 0.25) is 0 Å². The van der Waals surface area contributed by atoms with E-state index in [1.807, 2.05) is 14.1 Å². The van der Waals surface area contributed by atoms with Crippen LogP contribution in [0.15, 0.2) is 0 Å². The second-order valence-corrected chi connectivity index (χ2v) is 5.27. The molecule has 0 heterocycles. The molecule has 3 atom stereocenters. The Morgan fingerprint density at radius 3 is 2.69 bits per heavy atom. The lowest BCUT2D eigenvalue weighted by Gasteiger charge is -2.24. The minimum atomic E-state index is 0.214. The first-order chi connectivity index (χ1) is 7.54. The van der Waals surface area contributed by atoms with E-state index in [1.165, 1.54) is 25.7 Å². The quantitative estimate of drug-likeness (QED) is 0.778. The Labute approximate surface area is 99.6 Å². The van der Waals surface area contributed by atoms with Gasteiger partial charge in [0, 0.05) is 32.6 Å². The summed E-state index contributed by atoms with van der Waals surface area (Å²) >= 11 is 0. The lowest BCUT2D eigenvalue weighted by molar-refractivity contribution is -0.129. The number of nitrogens with zero attached hydrogens (tertiary/aromatic N) is 1. The van der Waals surface area contributed by atoms with E-state index in [0.717, 1.165) is 5.92 Å². The van der Waals surface area contributed by atoms with Crippen LogP contribution in [-0.4, -0.2) is 37.0 Å². The van der Waals surface area contributed by atoms with Crippen LogP contribution in [0, 0.1) is 5.92 Å². The zero-order chi connectivity index (χ0) is 12.1. The zero-order valence-corrected chi connectivity index (χ0v) is 11.1. The molecular formula is C13H26N2O. The summed E-state index contributed by atoms with van der Waals surface area (Å²) in [5, 5.41) is 3.62. The molecule has 1 aliphatic rings. The van der Waals surface area contributed by atoms with Gasteiger partial charge >= 0.3 is 0 Å². The van der Waals surface area contributed by atoms with Gasteiger partial charge in [0.15, 0.2) is 0 Å². The standard InChI is InChI=1S/C13H26N2O/c1-5-11-7-6-8-12(11)14-10(2)9-13(16)15(3)4/h10-12,14H,5-9H2,1-4H3. The van der Waals surface area contributed by atoms with Gasteiger partial charge in [0.2, 0.25) is 5.91 Å². The molecule has 1 aliphatic carbocycles. The van der Waals surface area contributed by atoms with Crippen molar-refractivity contribution in [3.05, 3.63) is 0 Å². The fourth-order valence-electron chi connectivity index (χ4n) is 2.61. The maximum absolute atomic E-state index is 11.6. The lowest BCUT2D eigenvalue weighted by Crippen LogP contribution is -2.41. The van der Waals surface area contributed by atoms with Gasteiger partial charge in [0.25, 0.3) is 0 Å². The van der Waals surface area contributed by atoms with Gasteiger partial charge in [-0.1, -0.05) is 19.8 Å². The number of hydrogen-bond acceptors (Lipinski definition) is 2. The summed E-state index contributed by atoms with van der Waals surface area (Å²) in [6, 6.07) is 0.932. The summed E-state index contributed by atoms with van der Waals surface area (Å²) in [6.07, 6.45) is 5.83.